The topological polar surface area (TPSA) is 78.9 Å². The Morgan fingerprint density at radius 2 is 2.19 bits per heavy atom. The smallest absolute Gasteiger partial charge is 0.335 e. The van der Waals surface area contributed by atoms with Crippen LogP contribution in [-0.4, -0.2) is 47.8 Å². The fourth-order valence-electron chi connectivity index (χ4n) is 2.34. The Morgan fingerprint density at radius 3 is 2.76 bits per heavy atom. The SMILES string of the molecule is CC1OCCC1N(C)C(=O)Nc1cc(C(=O)O)ccc1F. The van der Waals surface area contributed by atoms with E-state index in [-0.39, 0.29) is 23.4 Å². The van der Waals surface area contributed by atoms with Crippen LogP contribution >= 0.6 is 0 Å². The molecule has 2 amide bonds. The number of hydrogen-bond acceptors (Lipinski definition) is 3. The zero-order valence-electron chi connectivity index (χ0n) is 11.8. The van der Waals surface area contributed by atoms with Crippen molar-refractivity contribution in [1.82, 2.24) is 4.90 Å². The van der Waals surface area contributed by atoms with Gasteiger partial charge in [-0.25, -0.2) is 14.0 Å². The minimum Gasteiger partial charge on any atom is -0.478 e. The number of ether oxygens (including phenoxy) is 1. The second kappa shape index (κ2) is 6.09. The van der Waals surface area contributed by atoms with Gasteiger partial charge in [0.15, 0.2) is 0 Å². The molecular formula is C14H17FN2O4. The molecule has 6 nitrogen and oxygen atoms in total. The summed E-state index contributed by atoms with van der Waals surface area (Å²) in [4.78, 5) is 24.4. The van der Waals surface area contributed by atoms with Crippen molar-refractivity contribution < 1.29 is 23.8 Å². The molecule has 1 aromatic rings. The number of likely N-dealkylation sites (N-methyl/N-ethyl adjacent to an activating group) is 1. The predicted molar refractivity (Wildman–Crippen MR) is 74.0 cm³/mol. The maximum absolute atomic E-state index is 13.7. The number of aromatic carboxylic acids is 1. The highest BCUT2D eigenvalue weighted by Crippen LogP contribution is 2.21. The number of hydrogen-bond donors (Lipinski definition) is 2. The monoisotopic (exact) mass is 296 g/mol. The molecule has 0 radical (unpaired) electrons. The highest BCUT2D eigenvalue weighted by atomic mass is 19.1. The maximum Gasteiger partial charge on any atom is 0.335 e. The largest absolute Gasteiger partial charge is 0.478 e. The number of anilines is 1. The lowest BCUT2D eigenvalue weighted by atomic mass is 10.1. The van der Waals surface area contributed by atoms with Crippen LogP contribution in [0.2, 0.25) is 0 Å². The number of carboxylic acids is 1. The van der Waals surface area contributed by atoms with Crippen LogP contribution in [0.15, 0.2) is 18.2 Å². The van der Waals surface area contributed by atoms with Gasteiger partial charge in [0.05, 0.1) is 23.4 Å². The van der Waals surface area contributed by atoms with E-state index in [0.29, 0.717) is 13.0 Å². The molecule has 2 unspecified atom stereocenters. The van der Waals surface area contributed by atoms with Crippen molar-refractivity contribution >= 4 is 17.7 Å². The molecule has 2 rings (SSSR count). The molecule has 0 aromatic heterocycles. The van der Waals surface area contributed by atoms with Crippen molar-refractivity contribution in [3.05, 3.63) is 29.6 Å². The lowest BCUT2D eigenvalue weighted by molar-refractivity contribution is 0.0697. The number of halogens is 1. The average Bonchev–Trinajstić information content (AvgIpc) is 2.86. The molecular weight excluding hydrogens is 279 g/mol. The van der Waals surface area contributed by atoms with Gasteiger partial charge in [0.25, 0.3) is 0 Å². The Balaban J connectivity index is 2.12. The summed E-state index contributed by atoms with van der Waals surface area (Å²) in [7, 11) is 1.60. The summed E-state index contributed by atoms with van der Waals surface area (Å²) in [6, 6.07) is 2.66. The molecule has 0 spiro atoms. The van der Waals surface area contributed by atoms with Crippen LogP contribution < -0.4 is 5.32 Å². The van der Waals surface area contributed by atoms with E-state index in [0.717, 1.165) is 18.2 Å². The zero-order valence-corrected chi connectivity index (χ0v) is 11.8. The van der Waals surface area contributed by atoms with E-state index in [1.807, 2.05) is 6.92 Å². The van der Waals surface area contributed by atoms with Gasteiger partial charge in [-0.05, 0) is 31.5 Å². The second-order valence-corrected chi connectivity index (χ2v) is 4.97. The predicted octanol–water partition coefficient (Wildman–Crippen LogP) is 2.17. The first kappa shape index (κ1) is 15.2. The van der Waals surface area contributed by atoms with Crippen molar-refractivity contribution in [2.45, 2.75) is 25.5 Å². The van der Waals surface area contributed by atoms with E-state index in [4.69, 9.17) is 9.84 Å². The molecule has 1 saturated heterocycles. The third kappa shape index (κ3) is 3.30. The summed E-state index contributed by atoms with van der Waals surface area (Å²) in [5, 5.41) is 11.3. The lowest BCUT2D eigenvalue weighted by Crippen LogP contribution is -2.43. The maximum atomic E-state index is 13.7. The Labute approximate surface area is 121 Å². The van der Waals surface area contributed by atoms with Gasteiger partial charge >= 0.3 is 12.0 Å². The van der Waals surface area contributed by atoms with Gasteiger partial charge in [0, 0.05) is 13.7 Å². The van der Waals surface area contributed by atoms with Crippen LogP contribution in [0.4, 0.5) is 14.9 Å². The molecule has 0 saturated carbocycles. The molecule has 1 aromatic carbocycles. The quantitative estimate of drug-likeness (QED) is 0.896. The molecule has 7 heteroatoms. The molecule has 2 N–H and O–H groups in total. The van der Waals surface area contributed by atoms with Crippen LogP contribution in [0.1, 0.15) is 23.7 Å². The van der Waals surface area contributed by atoms with Gasteiger partial charge in [0.1, 0.15) is 5.82 Å². The van der Waals surface area contributed by atoms with E-state index in [1.54, 1.807) is 7.05 Å². The number of carboxylic acid groups (broad SMARTS) is 1. The van der Waals surface area contributed by atoms with Gasteiger partial charge in [-0.3, -0.25) is 0 Å². The molecule has 114 valence electrons. The van der Waals surface area contributed by atoms with Crippen LogP contribution in [0.3, 0.4) is 0 Å². The third-order valence-electron chi connectivity index (χ3n) is 3.61. The molecule has 0 aliphatic carbocycles. The van der Waals surface area contributed by atoms with Crippen LogP contribution in [-0.2, 0) is 4.74 Å². The molecule has 21 heavy (non-hydrogen) atoms. The first-order valence-corrected chi connectivity index (χ1v) is 6.58. The number of urea groups is 1. The molecule has 1 heterocycles. The van der Waals surface area contributed by atoms with E-state index >= 15 is 0 Å². The molecule has 1 fully saturated rings. The number of benzene rings is 1. The summed E-state index contributed by atoms with van der Waals surface area (Å²) in [5.74, 6) is -1.87. The minimum absolute atomic E-state index is 0.0871. The Kier molecular flexibility index (Phi) is 4.42. The van der Waals surface area contributed by atoms with Crippen molar-refractivity contribution in [3.63, 3.8) is 0 Å². The first-order chi connectivity index (χ1) is 9.90. The lowest BCUT2D eigenvalue weighted by Gasteiger charge is -2.27. The minimum atomic E-state index is -1.18. The molecule has 1 aliphatic rings. The van der Waals surface area contributed by atoms with E-state index < -0.39 is 17.8 Å². The van der Waals surface area contributed by atoms with Crippen molar-refractivity contribution in [2.24, 2.45) is 0 Å². The Bertz CT molecular complexity index is 564. The summed E-state index contributed by atoms with van der Waals surface area (Å²) in [6.45, 7) is 2.44. The average molecular weight is 296 g/mol. The molecule has 1 aliphatic heterocycles. The molecule has 2 atom stereocenters. The first-order valence-electron chi connectivity index (χ1n) is 6.58. The summed E-state index contributed by atoms with van der Waals surface area (Å²) in [6.07, 6.45) is 0.624. The summed E-state index contributed by atoms with van der Waals surface area (Å²) >= 11 is 0. The van der Waals surface area contributed by atoms with Crippen molar-refractivity contribution in [3.8, 4) is 0 Å². The van der Waals surface area contributed by atoms with Gasteiger partial charge in [-0.2, -0.15) is 0 Å². The standard InChI is InChI=1S/C14H17FN2O4/c1-8-12(5-6-21-8)17(2)14(20)16-11-7-9(13(18)19)3-4-10(11)15/h3-4,7-8,12H,5-6H2,1-2H3,(H,16,20)(H,18,19). The number of rotatable bonds is 3. The number of carbonyl (C=O) groups is 2. The van der Waals surface area contributed by atoms with Gasteiger partial charge < -0.3 is 20.1 Å². The fraction of sp³-hybridized carbons (Fsp3) is 0.429. The fourth-order valence-corrected chi connectivity index (χ4v) is 2.34. The van der Waals surface area contributed by atoms with Crippen LogP contribution in [0, 0.1) is 5.82 Å². The number of carbonyl (C=O) groups excluding carboxylic acids is 1. The Morgan fingerprint density at radius 1 is 1.48 bits per heavy atom. The second-order valence-electron chi connectivity index (χ2n) is 4.97. The van der Waals surface area contributed by atoms with E-state index in [9.17, 15) is 14.0 Å². The highest BCUT2D eigenvalue weighted by Gasteiger charge is 2.30. The summed E-state index contributed by atoms with van der Waals surface area (Å²) in [5.41, 5.74) is -0.245. The van der Waals surface area contributed by atoms with Gasteiger partial charge in [-0.1, -0.05) is 0 Å². The van der Waals surface area contributed by atoms with Crippen molar-refractivity contribution in [1.29, 1.82) is 0 Å². The number of nitrogens with one attached hydrogen (secondary N) is 1. The number of amides is 2. The number of nitrogens with zero attached hydrogens (tertiary/aromatic N) is 1. The van der Waals surface area contributed by atoms with Gasteiger partial charge in [-0.15, -0.1) is 0 Å². The van der Waals surface area contributed by atoms with E-state index in [1.165, 1.54) is 4.90 Å². The summed E-state index contributed by atoms with van der Waals surface area (Å²) < 4.78 is 19.0. The third-order valence-corrected chi connectivity index (χ3v) is 3.61. The van der Waals surface area contributed by atoms with Gasteiger partial charge in [0.2, 0.25) is 0 Å². The molecule has 0 bridgehead atoms. The van der Waals surface area contributed by atoms with Crippen LogP contribution in [0.5, 0.6) is 0 Å². The van der Waals surface area contributed by atoms with E-state index in [2.05, 4.69) is 5.32 Å². The van der Waals surface area contributed by atoms with Crippen LogP contribution in [0.25, 0.3) is 0 Å². The van der Waals surface area contributed by atoms with Crippen molar-refractivity contribution in [2.75, 3.05) is 19.0 Å². The normalized spacial score (nSPS) is 21.1. The zero-order chi connectivity index (χ0) is 15.6. The Hall–Kier alpha value is -2.15. The highest BCUT2D eigenvalue weighted by molar-refractivity contribution is 5.93.